The highest BCUT2D eigenvalue weighted by molar-refractivity contribution is 6.19. The van der Waals surface area contributed by atoms with Gasteiger partial charge < -0.3 is 0 Å². The molecule has 7 heavy (non-hydrogen) atoms. The molecule has 0 aromatic rings. The van der Waals surface area contributed by atoms with E-state index >= 15 is 0 Å². The topological polar surface area (TPSA) is 19.9 Å². The van der Waals surface area contributed by atoms with Gasteiger partial charge in [-0.2, -0.15) is 0 Å². The Balaban J connectivity index is 3.29. The molecule has 1 nitrogen and oxygen atoms in total. The van der Waals surface area contributed by atoms with Crippen LogP contribution in [0.1, 0.15) is 6.92 Å². The lowest BCUT2D eigenvalue weighted by molar-refractivity contribution is 0.231. The van der Waals surface area contributed by atoms with Crippen molar-refractivity contribution in [1.82, 2.24) is 0 Å². The van der Waals surface area contributed by atoms with Crippen LogP contribution in [-0.4, -0.2) is 12.5 Å². The fraction of sp³-hybridized carbons (Fsp3) is 0.600. The van der Waals surface area contributed by atoms with E-state index in [4.69, 9.17) is 11.6 Å². The van der Waals surface area contributed by atoms with Crippen LogP contribution in [0.5, 0.6) is 0 Å². The molecule has 2 heteroatoms. The van der Waals surface area contributed by atoms with Crippen LogP contribution < -0.4 is 0 Å². The molecule has 0 saturated carbocycles. The molecule has 0 N–H and O–H groups in total. The van der Waals surface area contributed by atoms with Crippen molar-refractivity contribution in [1.29, 1.82) is 0 Å². The summed E-state index contributed by atoms with van der Waals surface area (Å²) >= 11 is 5.32. The number of hydrogen-bond acceptors (Lipinski definition) is 0. The van der Waals surface area contributed by atoms with E-state index in [0.717, 1.165) is 5.57 Å². The van der Waals surface area contributed by atoms with Gasteiger partial charge in [0.15, 0.2) is 0 Å². The average Bonchev–Trinajstić information content (AvgIpc) is 1.68. The van der Waals surface area contributed by atoms with Crippen molar-refractivity contribution >= 4 is 11.6 Å². The van der Waals surface area contributed by atoms with Gasteiger partial charge in [0.05, 0.1) is 0 Å². The minimum absolute atomic E-state index is 0.154. The van der Waals surface area contributed by atoms with E-state index in [1.54, 1.807) is 6.08 Å². The summed E-state index contributed by atoms with van der Waals surface area (Å²) in [6.45, 7) is 1.68. The van der Waals surface area contributed by atoms with Crippen molar-refractivity contribution in [2.75, 3.05) is 12.5 Å². The molecule has 0 aliphatic heterocycles. The zero-order valence-electron chi connectivity index (χ0n) is 4.28. The van der Waals surface area contributed by atoms with Crippen molar-refractivity contribution in [2.24, 2.45) is 0 Å². The highest BCUT2D eigenvalue weighted by Gasteiger charge is 1.80. The van der Waals surface area contributed by atoms with Gasteiger partial charge in [-0.15, -0.1) is 11.6 Å². The van der Waals surface area contributed by atoms with Crippen LogP contribution in [0, 0.1) is 0 Å². The number of alkyl halides is 1. The zero-order chi connectivity index (χ0) is 5.70. The van der Waals surface area contributed by atoms with E-state index in [1.165, 1.54) is 0 Å². The minimum atomic E-state index is -0.154. The Morgan fingerprint density at radius 2 is 2.43 bits per heavy atom. The van der Waals surface area contributed by atoms with Crippen LogP contribution in [0.3, 0.4) is 0 Å². The van der Waals surface area contributed by atoms with Crippen molar-refractivity contribution in [3.8, 4) is 0 Å². The van der Waals surface area contributed by atoms with E-state index < -0.39 is 0 Å². The summed E-state index contributed by atoms with van der Waals surface area (Å²) in [5.41, 5.74) is 0.955. The Labute approximate surface area is 48.6 Å². The Hall–Kier alpha value is -0.0100. The fourth-order valence-electron chi connectivity index (χ4n) is 0.197. The third kappa shape index (κ3) is 3.83. The third-order valence-corrected chi connectivity index (χ3v) is 1.06. The summed E-state index contributed by atoms with van der Waals surface area (Å²) in [7, 11) is 0. The molecule has 0 bridgehead atoms. The first-order chi connectivity index (χ1) is 3.31. The standard InChI is InChI=1S/C5H8ClO/c1-5(4-6)2-3-7/h2H,3-4H2,1H3/b5-2+. The van der Waals surface area contributed by atoms with Crippen LogP contribution in [0.25, 0.3) is 0 Å². The molecule has 41 valence electrons. The maximum Gasteiger partial charge on any atom is 0.101 e. The molecular weight excluding hydrogens is 112 g/mol. The fourth-order valence-corrected chi connectivity index (χ4v) is 0.306. The predicted octanol–water partition coefficient (Wildman–Crippen LogP) is 1.60. The molecule has 0 atom stereocenters. The average molecular weight is 120 g/mol. The lowest BCUT2D eigenvalue weighted by atomic mass is 10.3. The summed E-state index contributed by atoms with van der Waals surface area (Å²) in [6.07, 6.45) is 1.58. The van der Waals surface area contributed by atoms with Gasteiger partial charge in [0.1, 0.15) is 6.61 Å². The van der Waals surface area contributed by atoms with Crippen LogP contribution in [0.4, 0.5) is 0 Å². The van der Waals surface area contributed by atoms with E-state index in [9.17, 15) is 5.11 Å². The van der Waals surface area contributed by atoms with Crippen LogP contribution in [0.15, 0.2) is 11.6 Å². The number of halogens is 1. The molecule has 0 aromatic heterocycles. The lowest BCUT2D eigenvalue weighted by Gasteiger charge is -1.85. The first-order valence-electron chi connectivity index (χ1n) is 2.11. The summed E-state index contributed by atoms with van der Waals surface area (Å²) in [4.78, 5) is 0. The Bertz CT molecular complexity index is 68.5. The van der Waals surface area contributed by atoms with Crippen molar-refractivity contribution < 1.29 is 5.11 Å². The van der Waals surface area contributed by atoms with Crippen LogP contribution in [0.2, 0.25) is 0 Å². The second-order valence-corrected chi connectivity index (χ2v) is 1.62. The maximum absolute atomic E-state index is 9.76. The second kappa shape index (κ2) is 4.16. The summed E-state index contributed by atoms with van der Waals surface area (Å²) in [5.74, 6) is 0.474. The molecule has 0 heterocycles. The van der Waals surface area contributed by atoms with E-state index in [2.05, 4.69) is 0 Å². The van der Waals surface area contributed by atoms with Gasteiger partial charge in [0, 0.05) is 5.88 Å². The smallest absolute Gasteiger partial charge is 0.101 e. The summed E-state index contributed by atoms with van der Waals surface area (Å²) in [5, 5.41) is 9.76. The Morgan fingerprint density at radius 1 is 1.86 bits per heavy atom. The Kier molecular flexibility index (Phi) is 4.15. The maximum atomic E-state index is 9.76. The zero-order valence-corrected chi connectivity index (χ0v) is 5.03. The van der Waals surface area contributed by atoms with Crippen molar-refractivity contribution in [2.45, 2.75) is 6.92 Å². The van der Waals surface area contributed by atoms with Gasteiger partial charge in [0.25, 0.3) is 0 Å². The molecule has 0 aromatic carbocycles. The van der Waals surface area contributed by atoms with Gasteiger partial charge in [-0.3, -0.25) is 0 Å². The molecule has 0 fully saturated rings. The minimum Gasteiger partial charge on any atom is -0.232 e. The molecular formula is C5H8ClO. The normalized spacial score (nSPS) is 12.1. The first kappa shape index (κ1) is 6.99. The number of rotatable bonds is 2. The van der Waals surface area contributed by atoms with E-state index in [0.29, 0.717) is 5.88 Å². The van der Waals surface area contributed by atoms with Crippen molar-refractivity contribution in [3.63, 3.8) is 0 Å². The molecule has 0 unspecified atom stereocenters. The first-order valence-corrected chi connectivity index (χ1v) is 2.64. The largest absolute Gasteiger partial charge is 0.232 e. The van der Waals surface area contributed by atoms with Gasteiger partial charge in [-0.25, -0.2) is 5.11 Å². The van der Waals surface area contributed by atoms with Gasteiger partial charge in [0.2, 0.25) is 0 Å². The second-order valence-electron chi connectivity index (χ2n) is 1.35. The van der Waals surface area contributed by atoms with Gasteiger partial charge in [-0.05, 0) is 6.92 Å². The van der Waals surface area contributed by atoms with Gasteiger partial charge in [-0.1, -0.05) is 11.6 Å². The van der Waals surface area contributed by atoms with Crippen LogP contribution in [-0.2, 0) is 5.11 Å². The van der Waals surface area contributed by atoms with E-state index in [-0.39, 0.29) is 6.61 Å². The quantitative estimate of drug-likeness (QED) is 0.389. The van der Waals surface area contributed by atoms with Gasteiger partial charge >= 0.3 is 0 Å². The molecule has 0 rings (SSSR count). The molecule has 0 aliphatic carbocycles. The third-order valence-electron chi connectivity index (χ3n) is 0.643. The Morgan fingerprint density at radius 3 is 2.57 bits per heavy atom. The summed E-state index contributed by atoms with van der Waals surface area (Å²) < 4.78 is 0. The molecule has 0 amide bonds. The highest BCUT2D eigenvalue weighted by atomic mass is 35.5. The highest BCUT2D eigenvalue weighted by Crippen LogP contribution is 1.92. The predicted molar refractivity (Wildman–Crippen MR) is 30.0 cm³/mol. The summed E-state index contributed by atoms with van der Waals surface area (Å²) in [6, 6.07) is 0. The van der Waals surface area contributed by atoms with Crippen LogP contribution >= 0.6 is 11.6 Å². The van der Waals surface area contributed by atoms with E-state index in [1.807, 2.05) is 6.92 Å². The number of hydrogen-bond donors (Lipinski definition) is 0. The van der Waals surface area contributed by atoms with Crippen molar-refractivity contribution in [3.05, 3.63) is 11.6 Å². The molecule has 0 aliphatic rings. The molecule has 1 radical (unpaired) electrons. The molecule has 0 saturated heterocycles. The monoisotopic (exact) mass is 119 g/mol. The SMILES string of the molecule is C/C(=C\C[O])CCl. The number of allylic oxidation sites excluding steroid dienone is 1. The lowest BCUT2D eigenvalue weighted by Crippen LogP contribution is -1.78. The molecule has 0 spiro atoms.